The standard InChI is InChI=1S/C12H14FNO/c1-8(14)12(4-5-12)11-6-10(13)3-2-9(11)7-15/h2-3,6-8H,4-5,14H2,1H3. The maximum absolute atomic E-state index is 13.1. The maximum atomic E-state index is 13.1. The maximum Gasteiger partial charge on any atom is 0.150 e. The van der Waals surface area contributed by atoms with E-state index in [4.69, 9.17) is 5.73 Å². The molecule has 15 heavy (non-hydrogen) atoms. The van der Waals surface area contributed by atoms with E-state index in [0.717, 1.165) is 24.7 Å². The Morgan fingerprint density at radius 1 is 1.53 bits per heavy atom. The molecule has 2 rings (SSSR count). The third kappa shape index (κ3) is 1.57. The summed E-state index contributed by atoms with van der Waals surface area (Å²) in [5.74, 6) is -0.303. The van der Waals surface area contributed by atoms with E-state index in [9.17, 15) is 9.18 Å². The number of rotatable bonds is 3. The van der Waals surface area contributed by atoms with Crippen molar-refractivity contribution in [3.63, 3.8) is 0 Å². The van der Waals surface area contributed by atoms with E-state index in [1.54, 1.807) is 0 Å². The van der Waals surface area contributed by atoms with E-state index in [-0.39, 0.29) is 17.3 Å². The normalized spacial score (nSPS) is 19.7. The summed E-state index contributed by atoms with van der Waals surface area (Å²) in [6.07, 6.45) is 2.65. The van der Waals surface area contributed by atoms with Crippen molar-refractivity contribution in [2.45, 2.75) is 31.2 Å². The first-order valence-electron chi connectivity index (χ1n) is 5.11. The van der Waals surface area contributed by atoms with Gasteiger partial charge < -0.3 is 5.73 Å². The van der Waals surface area contributed by atoms with Gasteiger partial charge >= 0.3 is 0 Å². The molecule has 3 heteroatoms. The van der Waals surface area contributed by atoms with Gasteiger partial charge in [-0.15, -0.1) is 0 Å². The predicted molar refractivity (Wildman–Crippen MR) is 56.3 cm³/mol. The van der Waals surface area contributed by atoms with Crippen LogP contribution in [0.25, 0.3) is 0 Å². The summed E-state index contributed by atoms with van der Waals surface area (Å²) in [5, 5.41) is 0. The Hall–Kier alpha value is -1.22. The molecular formula is C12H14FNO. The minimum Gasteiger partial charge on any atom is -0.327 e. The number of aldehydes is 1. The molecule has 0 saturated heterocycles. The molecule has 0 amide bonds. The number of carbonyl (C=O) groups excluding carboxylic acids is 1. The topological polar surface area (TPSA) is 43.1 Å². The molecule has 80 valence electrons. The molecule has 0 heterocycles. The minimum absolute atomic E-state index is 0.0435. The summed E-state index contributed by atoms with van der Waals surface area (Å²) in [4.78, 5) is 10.9. The van der Waals surface area contributed by atoms with E-state index < -0.39 is 0 Å². The largest absolute Gasteiger partial charge is 0.327 e. The van der Waals surface area contributed by atoms with Crippen LogP contribution in [-0.4, -0.2) is 12.3 Å². The molecule has 1 saturated carbocycles. The summed E-state index contributed by atoms with van der Waals surface area (Å²) >= 11 is 0. The van der Waals surface area contributed by atoms with Gasteiger partial charge in [-0.1, -0.05) is 0 Å². The van der Waals surface area contributed by atoms with E-state index >= 15 is 0 Å². The molecule has 0 aromatic heterocycles. The highest BCUT2D eigenvalue weighted by atomic mass is 19.1. The quantitative estimate of drug-likeness (QED) is 0.770. The van der Waals surface area contributed by atoms with Gasteiger partial charge in [0.05, 0.1) is 0 Å². The highest BCUT2D eigenvalue weighted by Crippen LogP contribution is 2.51. The van der Waals surface area contributed by atoms with Gasteiger partial charge in [0, 0.05) is 17.0 Å². The second-order valence-corrected chi connectivity index (χ2v) is 4.29. The lowest BCUT2D eigenvalue weighted by atomic mass is 9.86. The zero-order valence-electron chi connectivity index (χ0n) is 8.66. The van der Waals surface area contributed by atoms with Crippen molar-refractivity contribution in [1.82, 2.24) is 0 Å². The third-order valence-corrected chi connectivity index (χ3v) is 3.34. The van der Waals surface area contributed by atoms with Crippen molar-refractivity contribution in [3.05, 3.63) is 35.1 Å². The van der Waals surface area contributed by atoms with Crippen LogP contribution in [-0.2, 0) is 5.41 Å². The molecule has 1 unspecified atom stereocenters. The minimum atomic E-state index is -0.303. The molecule has 2 N–H and O–H groups in total. The first-order valence-corrected chi connectivity index (χ1v) is 5.11. The van der Waals surface area contributed by atoms with Crippen molar-refractivity contribution in [2.24, 2.45) is 5.73 Å². The molecule has 0 spiro atoms. The zero-order valence-corrected chi connectivity index (χ0v) is 8.66. The molecule has 1 aliphatic rings. The molecule has 1 aliphatic carbocycles. The van der Waals surface area contributed by atoms with E-state index in [0.29, 0.717) is 5.56 Å². The lowest BCUT2D eigenvalue weighted by Crippen LogP contribution is -2.32. The molecule has 0 bridgehead atoms. The lowest BCUT2D eigenvalue weighted by Gasteiger charge is -2.21. The molecule has 2 nitrogen and oxygen atoms in total. The summed E-state index contributed by atoms with van der Waals surface area (Å²) in [6.45, 7) is 1.91. The highest BCUT2D eigenvalue weighted by molar-refractivity contribution is 5.78. The smallest absolute Gasteiger partial charge is 0.150 e. The first-order chi connectivity index (χ1) is 7.10. The van der Waals surface area contributed by atoms with Crippen LogP contribution in [0.15, 0.2) is 18.2 Å². The van der Waals surface area contributed by atoms with Crippen molar-refractivity contribution < 1.29 is 9.18 Å². The van der Waals surface area contributed by atoms with Crippen molar-refractivity contribution in [1.29, 1.82) is 0 Å². The van der Waals surface area contributed by atoms with Gasteiger partial charge in [-0.05, 0) is 43.5 Å². The van der Waals surface area contributed by atoms with Crippen LogP contribution < -0.4 is 5.73 Å². The van der Waals surface area contributed by atoms with E-state index in [1.165, 1.54) is 18.2 Å². The van der Waals surface area contributed by atoms with Crippen LogP contribution in [0.1, 0.15) is 35.7 Å². The SMILES string of the molecule is CC(N)C1(c2cc(F)ccc2C=O)CC1. The second-order valence-electron chi connectivity index (χ2n) is 4.29. The summed E-state index contributed by atoms with van der Waals surface area (Å²) in [5.41, 5.74) is 7.06. The molecule has 1 aromatic rings. The van der Waals surface area contributed by atoms with Crippen LogP contribution in [0, 0.1) is 5.82 Å². The molecule has 1 aromatic carbocycles. The van der Waals surface area contributed by atoms with Gasteiger partial charge in [-0.2, -0.15) is 0 Å². The van der Waals surface area contributed by atoms with Crippen LogP contribution in [0.2, 0.25) is 0 Å². The number of benzene rings is 1. The number of carbonyl (C=O) groups is 1. The summed E-state index contributed by atoms with van der Waals surface area (Å²) in [7, 11) is 0. The Kier molecular flexibility index (Phi) is 2.35. The second kappa shape index (κ2) is 3.42. The Morgan fingerprint density at radius 3 is 2.67 bits per heavy atom. The summed E-state index contributed by atoms with van der Waals surface area (Å²) < 4.78 is 13.1. The van der Waals surface area contributed by atoms with Gasteiger partial charge in [0.25, 0.3) is 0 Å². The summed E-state index contributed by atoms with van der Waals surface area (Å²) in [6, 6.07) is 4.24. The first kappa shape index (κ1) is 10.3. The Bertz CT molecular complexity index is 397. The van der Waals surface area contributed by atoms with Gasteiger partial charge in [0.2, 0.25) is 0 Å². The monoisotopic (exact) mass is 207 g/mol. The van der Waals surface area contributed by atoms with Gasteiger partial charge in [-0.25, -0.2) is 4.39 Å². The number of hydrogen-bond acceptors (Lipinski definition) is 2. The molecular weight excluding hydrogens is 193 g/mol. The number of hydrogen-bond donors (Lipinski definition) is 1. The fraction of sp³-hybridized carbons (Fsp3) is 0.417. The molecule has 1 fully saturated rings. The van der Waals surface area contributed by atoms with Crippen molar-refractivity contribution in [2.75, 3.05) is 0 Å². The van der Waals surface area contributed by atoms with Gasteiger partial charge in [-0.3, -0.25) is 4.79 Å². The van der Waals surface area contributed by atoms with Crippen LogP contribution >= 0.6 is 0 Å². The highest BCUT2D eigenvalue weighted by Gasteiger charge is 2.48. The van der Waals surface area contributed by atoms with Crippen molar-refractivity contribution >= 4 is 6.29 Å². The van der Waals surface area contributed by atoms with E-state index in [1.807, 2.05) is 6.92 Å². The average molecular weight is 207 g/mol. The Morgan fingerprint density at radius 2 is 2.20 bits per heavy atom. The third-order valence-electron chi connectivity index (χ3n) is 3.34. The van der Waals surface area contributed by atoms with Crippen LogP contribution in [0.3, 0.4) is 0 Å². The Balaban J connectivity index is 2.51. The zero-order chi connectivity index (χ0) is 11.1. The van der Waals surface area contributed by atoms with E-state index in [2.05, 4.69) is 0 Å². The predicted octanol–water partition coefficient (Wildman–Crippen LogP) is 2.02. The Labute approximate surface area is 88.3 Å². The molecule has 0 radical (unpaired) electrons. The van der Waals surface area contributed by atoms with Crippen LogP contribution in [0.4, 0.5) is 4.39 Å². The lowest BCUT2D eigenvalue weighted by molar-refractivity contribution is 0.112. The van der Waals surface area contributed by atoms with Gasteiger partial charge in [0.1, 0.15) is 12.1 Å². The van der Waals surface area contributed by atoms with Gasteiger partial charge in [0.15, 0.2) is 0 Å². The fourth-order valence-corrected chi connectivity index (χ4v) is 2.17. The number of nitrogens with two attached hydrogens (primary N) is 1. The number of halogens is 1. The molecule has 0 aliphatic heterocycles. The van der Waals surface area contributed by atoms with Crippen molar-refractivity contribution in [3.8, 4) is 0 Å². The fourth-order valence-electron chi connectivity index (χ4n) is 2.17. The molecule has 1 atom stereocenters. The van der Waals surface area contributed by atoms with Crippen LogP contribution in [0.5, 0.6) is 0 Å². The average Bonchev–Trinajstić information content (AvgIpc) is 2.98.